The highest BCUT2D eigenvalue weighted by Gasteiger charge is 2.18. The molecule has 0 bridgehead atoms. The fraction of sp³-hybridized carbons (Fsp3) is 0.500. The molecule has 0 amide bonds. The lowest BCUT2D eigenvalue weighted by molar-refractivity contribution is -0.136. The SMILES string of the molecule is O=C(O)CCc1cc(Br)ccc1OCC1CCC1. The monoisotopic (exact) mass is 312 g/mol. The van der Waals surface area contributed by atoms with Gasteiger partial charge in [-0.25, -0.2) is 0 Å². The van der Waals surface area contributed by atoms with Gasteiger partial charge in [-0.15, -0.1) is 0 Å². The fourth-order valence-electron chi connectivity index (χ4n) is 1.99. The summed E-state index contributed by atoms with van der Waals surface area (Å²) >= 11 is 3.41. The second-order valence-electron chi connectivity index (χ2n) is 4.75. The molecule has 0 atom stereocenters. The largest absolute Gasteiger partial charge is 0.493 e. The maximum atomic E-state index is 10.6. The summed E-state index contributed by atoms with van der Waals surface area (Å²) in [4.78, 5) is 10.6. The van der Waals surface area contributed by atoms with E-state index in [0.717, 1.165) is 22.4 Å². The van der Waals surface area contributed by atoms with Gasteiger partial charge in [-0.05, 0) is 48.9 Å². The molecule has 3 nitrogen and oxygen atoms in total. The van der Waals surface area contributed by atoms with Crippen LogP contribution >= 0.6 is 15.9 Å². The van der Waals surface area contributed by atoms with Crippen molar-refractivity contribution < 1.29 is 14.6 Å². The molecular weight excluding hydrogens is 296 g/mol. The van der Waals surface area contributed by atoms with Gasteiger partial charge in [-0.2, -0.15) is 0 Å². The van der Waals surface area contributed by atoms with Gasteiger partial charge in [-0.1, -0.05) is 22.4 Å². The average Bonchev–Trinajstić information content (AvgIpc) is 2.26. The third-order valence-corrected chi connectivity index (χ3v) is 3.82. The Balaban J connectivity index is 1.99. The number of halogens is 1. The Morgan fingerprint density at radius 3 is 2.83 bits per heavy atom. The first-order chi connectivity index (χ1) is 8.65. The van der Waals surface area contributed by atoms with E-state index in [0.29, 0.717) is 12.3 Å². The van der Waals surface area contributed by atoms with Crippen molar-refractivity contribution in [3.63, 3.8) is 0 Å². The van der Waals surface area contributed by atoms with Gasteiger partial charge in [-0.3, -0.25) is 4.79 Å². The van der Waals surface area contributed by atoms with Crippen molar-refractivity contribution in [2.75, 3.05) is 6.61 Å². The highest BCUT2D eigenvalue weighted by atomic mass is 79.9. The Morgan fingerprint density at radius 2 is 2.22 bits per heavy atom. The smallest absolute Gasteiger partial charge is 0.303 e. The first kappa shape index (κ1) is 13.4. The van der Waals surface area contributed by atoms with Crippen molar-refractivity contribution in [3.05, 3.63) is 28.2 Å². The third-order valence-electron chi connectivity index (χ3n) is 3.33. The Morgan fingerprint density at radius 1 is 1.44 bits per heavy atom. The molecule has 1 saturated carbocycles. The molecule has 0 unspecified atom stereocenters. The Hall–Kier alpha value is -1.03. The zero-order chi connectivity index (χ0) is 13.0. The molecule has 0 aliphatic heterocycles. The molecule has 1 N–H and O–H groups in total. The van der Waals surface area contributed by atoms with Crippen LogP contribution in [0.1, 0.15) is 31.2 Å². The fourth-order valence-corrected chi connectivity index (χ4v) is 2.40. The number of carboxylic acid groups (broad SMARTS) is 1. The number of rotatable bonds is 6. The minimum absolute atomic E-state index is 0.135. The van der Waals surface area contributed by atoms with Crippen molar-refractivity contribution in [1.29, 1.82) is 0 Å². The number of benzene rings is 1. The second kappa shape index (κ2) is 6.23. The first-order valence-corrected chi connectivity index (χ1v) is 7.07. The molecule has 1 aromatic carbocycles. The predicted molar refractivity (Wildman–Crippen MR) is 72.9 cm³/mol. The lowest BCUT2D eigenvalue weighted by Crippen LogP contribution is -2.19. The zero-order valence-corrected chi connectivity index (χ0v) is 11.8. The molecule has 1 aliphatic carbocycles. The van der Waals surface area contributed by atoms with Gasteiger partial charge in [0.2, 0.25) is 0 Å². The summed E-state index contributed by atoms with van der Waals surface area (Å²) in [5, 5.41) is 8.75. The number of hydrogen-bond donors (Lipinski definition) is 1. The van der Waals surface area contributed by atoms with E-state index in [1.54, 1.807) is 0 Å². The molecule has 1 aromatic rings. The minimum atomic E-state index is -0.778. The summed E-state index contributed by atoms with van der Waals surface area (Å²) in [7, 11) is 0. The maximum absolute atomic E-state index is 10.6. The molecule has 0 saturated heterocycles. The van der Waals surface area contributed by atoms with Crippen LogP contribution in [0.5, 0.6) is 5.75 Å². The van der Waals surface area contributed by atoms with Gasteiger partial charge in [0.25, 0.3) is 0 Å². The van der Waals surface area contributed by atoms with E-state index in [-0.39, 0.29) is 6.42 Å². The molecule has 0 radical (unpaired) electrons. The van der Waals surface area contributed by atoms with Gasteiger partial charge in [0, 0.05) is 10.9 Å². The van der Waals surface area contributed by atoms with E-state index in [2.05, 4.69) is 15.9 Å². The number of ether oxygens (including phenoxy) is 1. The van der Waals surface area contributed by atoms with E-state index in [1.165, 1.54) is 19.3 Å². The van der Waals surface area contributed by atoms with Gasteiger partial charge in [0.1, 0.15) is 5.75 Å². The summed E-state index contributed by atoms with van der Waals surface area (Å²) in [6.45, 7) is 0.752. The molecule has 98 valence electrons. The van der Waals surface area contributed by atoms with E-state index >= 15 is 0 Å². The van der Waals surface area contributed by atoms with Crippen molar-refractivity contribution in [3.8, 4) is 5.75 Å². The minimum Gasteiger partial charge on any atom is -0.493 e. The van der Waals surface area contributed by atoms with Crippen LogP contribution in [0.25, 0.3) is 0 Å². The van der Waals surface area contributed by atoms with Gasteiger partial charge >= 0.3 is 5.97 Å². The number of hydrogen-bond acceptors (Lipinski definition) is 2. The van der Waals surface area contributed by atoms with Crippen LogP contribution in [0.2, 0.25) is 0 Å². The van der Waals surface area contributed by atoms with E-state index < -0.39 is 5.97 Å². The zero-order valence-electron chi connectivity index (χ0n) is 10.2. The molecule has 18 heavy (non-hydrogen) atoms. The number of aliphatic carboxylic acids is 1. The predicted octanol–water partition coefficient (Wildman–Crippen LogP) is 3.65. The molecular formula is C14H17BrO3. The molecule has 0 spiro atoms. The van der Waals surface area contributed by atoms with E-state index in [9.17, 15) is 4.79 Å². The van der Waals surface area contributed by atoms with Crippen LogP contribution in [0, 0.1) is 5.92 Å². The Labute approximate surface area is 115 Å². The second-order valence-corrected chi connectivity index (χ2v) is 5.67. The number of carbonyl (C=O) groups is 1. The van der Waals surface area contributed by atoms with Crippen LogP contribution in [0.15, 0.2) is 22.7 Å². The third kappa shape index (κ3) is 3.73. The van der Waals surface area contributed by atoms with Crippen molar-refractivity contribution in [2.45, 2.75) is 32.1 Å². The van der Waals surface area contributed by atoms with E-state index in [4.69, 9.17) is 9.84 Å². The standard InChI is InChI=1S/C14H17BrO3/c15-12-5-6-13(18-9-10-2-1-3-10)11(8-12)4-7-14(16)17/h5-6,8,10H,1-4,7,9H2,(H,16,17). The average molecular weight is 313 g/mol. The maximum Gasteiger partial charge on any atom is 0.303 e. The van der Waals surface area contributed by atoms with Gasteiger partial charge < -0.3 is 9.84 Å². The quantitative estimate of drug-likeness (QED) is 0.872. The van der Waals surface area contributed by atoms with Gasteiger partial charge in [0.05, 0.1) is 6.61 Å². The van der Waals surface area contributed by atoms with Crippen molar-refractivity contribution in [2.24, 2.45) is 5.92 Å². The summed E-state index contributed by atoms with van der Waals surface area (Å²) in [5.41, 5.74) is 0.964. The summed E-state index contributed by atoms with van der Waals surface area (Å²) in [6, 6.07) is 5.79. The summed E-state index contributed by atoms with van der Waals surface area (Å²) < 4.78 is 6.77. The highest BCUT2D eigenvalue weighted by molar-refractivity contribution is 9.10. The first-order valence-electron chi connectivity index (χ1n) is 6.28. The lowest BCUT2D eigenvalue weighted by Gasteiger charge is -2.25. The Bertz CT molecular complexity index is 427. The van der Waals surface area contributed by atoms with E-state index in [1.807, 2.05) is 18.2 Å². The lowest BCUT2D eigenvalue weighted by atomic mass is 9.86. The molecule has 2 rings (SSSR count). The topological polar surface area (TPSA) is 46.5 Å². The molecule has 0 heterocycles. The van der Waals surface area contributed by atoms with Crippen LogP contribution in [0.3, 0.4) is 0 Å². The molecule has 0 aromatic heterocycles. The Kier molecular flexibility index (Phi) is 4.64. The van der Waals surface area contributed by atoms with Gasteiger partial charge in [0.15, 0.2) is 0 Å². The van der Waals surface area contributed by atoms with Crippen LogP contribution in [-0.2, 0) is 11.2 Å². The number of carboxylic acids is 1. The summed E-state index contributed by atoms with van der Waals surface area (Å²) in [5.74, 6) is 0.729. The highest BCUT2D eigenvalue weighted by Crippen LogP contribution is 2.29. The molecule has 4 heteroatoms. The van der Waals surface area contributed by atoms with Crippen LogP contribution < -0.4 is 4.74 Å². The van der Waals surface area contributed by atoms with Crippen LogP contribution in [0.4, 0.5) is 0 Å². The molecule has 1 aliphatic rings. The van der Waals surface area contributed by atoms with Crippen LogP contribution in [-0.4, -0.2) is 17.7 Å². The van der Waals surface area contributed by atoms with Crippen molar-refractivity contribution >= 4 is 21.9 Å². The summed E-state index contributed by atoms with van der Waals surface area (Å²) in [6.07, 6.45) is 4.45. The van der Waals surface area contributed by atoms with Crippen molar-refractivity contribution in [1.82, 2.24) is 0 Å². The normalized spacial score (nSPS) is 15.2. The molecule has 1 fully saturated rings. The number of aryl methyl sites for hydroxylation is 1.